The molecular weight excluding hydrogens is 328 g/mol. The zero-order chi connectivity index (χ0) is 16.4. The molecule has 0 fully saturated rings. The van der Waals surface area contributed by atoms with Crippen LogP contribution in [0.2, 0.25) is 0 Å². The quantitative estimate of drug-likeness (QED) is 0.474. The first-order chi connectivity index (χ1) is 11.0. The fraction of sp³-hybridized carbons (Fsp3) is 0.562. The highest BCUT2D eigenvalue weighted by atomic mass is 32.2. The number of anilines is 1. The zero-order valence-corrected chi connectivity index (χ0v) is 14.9. The minimum Gasteiger partial charge on any atom is -0.383 e. The van der Waals surface area contributed by atoms with E-state index in [-0.39, 0.29) is 5.91 Å². The number of thiophene rings is 1. The number of aryl methyl sites for hydroxylation is 1. The lowest BCUT2D eigenvalue weighted by atomic mass is 9.89. The number of fused-ring (bicyclic) bond motifs is 3. The van der Waals surface area contributed by atoms with Gasteiger partial charge in [-0.3, -0.25) is 4.79 Å². The summed E-state index contributed by atoms with van der Waals surface area (Å²) in [7, 11) is 0. The lowest BCUT2D eigenvalue weighted by Crippen LogP contribution is -2.09. The van der Waals surface area contributed by atoms with E-state index >= 15 is 0 Å². The Hall–Kier alpha value is -1.34. The molecule has 2 aromatic heterocycles. The molecule has 0 spiro atoms. The first-order valence-electron chi connectivity index (χ1n) is 8.03. The molecule has 0 unspecified atom stereocenters. The number of nitrogens with two attached hydrogens (primary N) is 2. The van der Waals surface area contributed by atoms with Crippen molar-refractivity contribution in [3.63, 3.8) is 0 Å². The number of rotatable bonds is 6. The normalized spacial score (nSPS) is 17.3. The maximum atomic E-state index is 10.7. The molecule has 0 radical (unpaired) electrons. The maximum Gasteiger partial charge on any atom is 0.217 e. The lowest BCUT2D eigenvalue weighted by molar-refractivity contribution is -0.118. The molecule has 1 amide bonds. The van der Waals surface area contributed by atoms with Crippen molar-refractivity contribution in [2.75, 3.05) is 11.5 Å². The molecule has 23 heavy (non-hydrogen) atoms. The van der Waals surface area contributed by atoms with Crippen LogP contribution in [0.5, 0.6) is 0 Å². The largest absolute Gasteiger partial charge is 0.383 e. The minimum atomic E-state index is -0.240. The average molecular weight is 351 g/mol. The number of hydrogen-bond donors (Lipinski definition) is 2. The van der Waals surface area contributed by atoms with Crippen LogP contribution >= 0.6 is 23.1 Å². The fourth-order valence-corrected chi connectivity index (χ4v) is 5.28. The van der Waals surface area contributed by atoms with Crippen LogP contribution in [0.1, 0.15) is 43.0 Å². The van der Waals surface area contributed by atoms with Gasteiger partial charge in [0, 0.05) is 17.1 Å². The summed E-state index contributed by atoms with van der Waals surface area (Å²) in [6.45, 7) is 2.30. The molecule has 0 saturated heterocycles. The number of amides is 1. The van der Waals surface area contributed by atoms with Gasteiger partial charge in [0.15, 0.2) is 5.16 Å². The second-order valence-electron chi connectivity index (χ2n) is 6.20. The molecule has 7 heteroatoms. The van der Waals surface area contributed by atoms with Gasteiger partial charge in [-0.25, -0.2) is 9.97 Å². The Kier molecular flexibility index (Phi) is 5.06. The molecule has 0 aromatic carbocycles. The van der Waals surface area contributed by atoms with Gasteiger partial charge in [0.1, 0.15) is 10.6 Å². The number of hydrogen-bond acceptors (Lipinski definition) is 6. The highest BCUT2D eigenvalue weighted by molar-refractivity contribution is 7.99. The second kappa shape index (κ2) is 7.05. The molecular formula is C16H22N4OS2. The van der Waals surface area contributed by atoms with Crippen molar-refractivity contribution in [3.05, 3.63) is 10.4 Å². The summed E-state index contributed by atoms with van der Waals surface area (Å²) in [6.07, 6.45) is 5.61. The summed E-state index contributed by atoms with van der Waals surface area (Å²) < 4.78 is 0. The summed E-state index contributed by atoms with van der Waals surface area (Å²) in [5.41, 5.74) is 12.7. The van der Waals surface area contributed by atoms with Crippen molar-refractivity contribution in [2.45, 2.75) is 50.6 Å². The number of aromatic nitrogens is 2. The van der Waals surface area contributed by atoms with Crippen LogP contribution in [-0.4, -0.2) is 21.6 Å². The minimum absolute atomic E-state index is 0.240. The molecule has 2 heterocycles. The third-order valence-corrected chi connectivity index (χ3v) is 6.29. The van der Waals surface area contributed by atoms with Crippen molar-refractivity contribution in [2.24, 2.45) is 11.7 Å². The van der Waals surface area contributed by atoms with Crippen molar-refractivity contribution in [3.8, 4) is 0 Å². The van der Waals surface area contributed by atoms with Crippen LogP contribution in [0.3, 0.4) is 0 Å². The molecule has 124 valence electrons. The third-order valence-electron chi connectivity index (χ3n) is 4.21. The topological polar surface area (TPSA) is 94.9 Å². The Morgan fingerprint density at radius 2 is 2.22 bits per heavy atom. The van der Waals surface area contributed by atoms with Crippen molar-refractivity contribution < 1.29 is 4.79 Å². The lowest BCUT2D eigenvalue weighted by Gasteiger charge is -2.17. The Morgan fingerprint density at radius 1 is 1.39 bits per heavy atom. The van der Waals surface area contributed by atoms with E-state index in [4.69, 9.17) is 16.5 Å². The molecule has 1 atom stereocenters. The Bertz CT molecular complexity index is 728. The molecule has 3 rings (SSSR count). The van der Waals surface area contributed by atoms with Crippen LogP contribution in [0.4, 0.5) is 5.82 Å². The monoisotopic (exact) mass is 350 g/mol. The number of carbonyl (C=O) groups excluding carboxylic acids is 1. The number of carbonyl (C=O) groups is 1. The Balaban J connectivity index is 1.72. The predicted molar refractivity (Wildman–Crippen MR) is 96.8 cm³/mol. The standard InChI is InChI=1S/C16H22N4OS2/c1-9-5-6-10-11(8-9)23-15-13(10)14(18)19-16(20-15)22-7-3-2-4-12(17)21/h9H,2-8H2,1H3,(H2,17,21)(H2,18,19,20)/t9-/m0/s1. The molecule has 0 bridgehead atoms. The van der Waals surface area contributed by atoms with Gasteiger partial charge in [0.05, 0.1) is 5.39 Å². The van der Waals surface area contributed by atoms with Gasteiger partial charge in [0.25, 0.3) is 0 Å². The number of thioether (sulfide) groups is 1. The Morgan fingerprint density at radius 3 is 3.00 bits per heavy atom. The summed E-state index contributed by atoms with van der Waals surface area (Å²) in [5.74, 6) is 1.99. The van der Waals surface area contributed by atoms with E-state index in [0.717, 1.165) is 52.7 Å². The van der Waals surface area contributed by atoms with E-state index in [0.29, 0.717) is 12.2 Å². The van der Waals surface area contributed by atoms with E-state index < -0.39 is 0 Å². The van der Waals surface area contributed by atoms with Gasteiger partial charge in [-0.15, -0.1) is 11.3 Å². The van der Waals surface area contributed by atoms with E-state index in [1.165, 1.54) is 16.9 Å². The molecule has 2 aromatic rings. The molecule has 1 aliphatic carbocycles. The summed E-state index contributed by atoms with van der Waals surface area (Å²) >= 11 is 3.37. The van der Waals surface area contributed by atoms with E-state index in [2.05, 4.69) is 11.9 Å². The smallest absolute Gasteiger partial charge is 0.217 e. The Labute approximate surface area is 144 Å². The van der Waals surface area contributed by atoms with Crippen LogP contribution in [0.25, 0.3) is 10.2 Å². The van der Waals surface area contributed by atoms with Gasteiger partial charge in [-0.2, -0.15) is 0 Å². The van der Waals surface area contributed by atoms with Crippen molar-refractivity contribution in [1.82, 2.24) is 9.97 Å². The summed E-state index contributed by atoms with van der Waals surface area (Å²) in [5, 5.41) is 1.82. The van der Waals surface area contributed by atoms with Gasteiger partial charge in [0.2, 0.25) is 5.91 Å². The highest BCUT2D eigenvalue weighted by Gasteiger charge is 2.23. The van der Waals surface area contributed by atoms with Crippen molar-refractivity contribution >= 4 is 45.0 Å². The van der Waals surface area contributed by atoms with E-state index in [9.17, 15) is 4.79 Å². The van der Waals surface area contributed by atoms with Crippen LogP contribution in [0, 0.1) is 5.92 Å². The SMILES string of the molecule is C[C@H]1CCc2c(sc3nc(SCCCCC(N)=O)nc(N)c23)C1. The highest BCUT2D eigenvalue weighted by Crippen LogP contribution is 2.39. The number of unbranched alkanes of at least 4 members (excludes halogenated alkanes) is 1. The van der Waals surface area contributed by atoms with E-state index in [1.54, 1.807) is 23.1 Å². The number of nitrogen functional groups attached to an aromatic ring is 1. The maximum absolute atomic E-state index is 10.7. The average Bonchev–Trinajstić information content (AvgIpc) is 2.84. The summed E-state index contributed by atoms with van der Waals surface area (Å²) in [4.78, 5) is 22.4. The summed E-state index contributed by atoms with van der Waals surface area (Å²) in [6, 6.07) is 0. The molecule has 0 saturated carbocycles. The van der Waals surface area contributed by atoms with Gasteiger partial charge < -0.3 is 11.5 Å². The first-order valence-corrected chi connectivity index (χ1v) is 9.83. The van der Waals surface area contributed by atoms with Crippen LogP contribution in [-0.2, 0) is 17.6 Å². The number of primary amides is 1. The zero-order valence-electron chi connectivity index (χ0n) is 13.3. The fourth-order valence-electron chi connectivity index (χ4n) is 2.98. The van der Waals surface area contributed by atoms with Crippen LogP contribution in [0.15, 0.2) is 5.16 Å². The predicted octanol–water partition coefficient (Wildman–Crippen LogP) is 3.15. The first kappa shape index (κ1) is 16.5. The molecule has 5 nitrogen and oxygen atoms in total. The molecule has 4 N–H and O–H groups in total. The van der Waals surface area contributed by atoms with Gasteiger partial charge >= 0.3 is 0 Å². The van der Waals surface area contributed by atoms with Gasteiger partial charge in [-0.1, -0.05) is 18.7 Å². The van der Waals surface area contributed by atoms with Crippen LogP contribution < -0.4 is 11.5 Å². The molecule has 0 aliphatic heterocycles. The molecule has 1 aliphatic rings. The third kappa shape index (κ3) is 3.77. The number of nitrogens with zero attached hydrogens (tertiary/aromatic N) is 2. The van der Waals surface area contributed by atoms with Crippen molar-refractivity contribution in [1.29, 1.82) is 0 Å². The van der Waals surface area contributed by atoms with E-state index in [1.807, 2.05) is 0 Å². The van der Waals surface area contributed by atoms with Gasteiger partial charge in [-0.05, 0) is 43.6 Å². The second-order valence-corrected chi connectivity index (χ2v) is 8.34.